The first-order valence-corrected chi connectivity index (χ1v) is 7.58. The second-order valence-electron chi connectivity index (χ2n) is 5.45. The van der Waals surface area contributed by atoms with Crippen LogP contribution in [0.25, 0.3) is 17.0 Å². The molecule has 0 bridgehead atoms. The Hall–Kier alpha value is -3.28. The number of nitrogens with one attached hydrogen (secondary N) is 1. The number of rotatable bonds is 4. The Morgan fingerprint density at radius 3 is 2.58 bits per heavy atom. The molecular formula is C18H15N5O. The molecule has 0 unspecified atom stereocenters. The van der Waals surface area contributed by atoms with Gasteiger partial charge in [0.15, 0.2) is 0 Å². The van der Waals surface area contributed by atoms with Crippen LogP contribution in [-0.2, 0) is 0 Å². The fourth-order valence-corrected chi connectivity index (χ4v) is 2.71. The molecule has 0 aliphatic carbocycles. The first-order valence-electron chi connectivity index (χ1n) is 7.58. The number of aliphatic imine (C=N–C) groups is 1. The van der Waals surface area contributed by atoms with Gasteiger partial charge >= 0.3 is 0 Å². The quantitative estimate of drug-likeness (QED) is 0.802. The van der Waals surface area contributed by atoms with Crippen LogP contribution in [0.3, 0.4) is 0 Å². The molecule has 3 aromatic rings. The van der Waals surface area contributed by atoms with Crippen LogP contribution in [0.5, 0.6) is 5.75 Å². The molecule has 1 N–H and O–H groups in total. The van der Waals surface area contributed by atoms with Gasteiger partial charge in [0.2, 0.25) is 5.82 Å². The fraction of sp³-hybridized carbons (Fsp3) is 0.111. The minimum absolute atomic E-state index is 0.582. The van der Waals surface area contributed by atoms with Gasteiger partial charge in [-0.25, -0.2) is 0 Å². The molecule has 0 atom stereocenters. The van der Waals surface area contributed by atoms with Crippen LogP contribution in [0.1, 0.15) is 17.5 Å². The normalized spacial score (nSPS) is 13.5. The van der Waals surface area contributed by atoms with Gasteiger partial charge in [-0.1, -0.05) is 30.3 Å². The Balaban J connectivity index is 1.54. The van der Waals surface area contributed by atoms with Crippen molar-refractivity contribution in [2.45, 2.75) is 6.42 Å². The molecule has 0 spiro atoms. The van der Waals surface area contributed by atoms with Gasteiger partial charge in [-0.15, -0.1) is 10.2 Å². The summed E-state index contributed by atoms with van der Waals surface area (Å²) in [5, 5.41) is 14.1. The van der Waals surface area contributed by atoms with Gasteiger partial charge in [-0.2, -0.15) is 5.21 Å². The van der Waals surface area contributed by atoms with E-state index in [1.807, 2.05) is 42.6 Å². The molecule has 4 rings (SSSR count). The number of tetrazole rings is 1. The summed E-state index contributed by atoms with van der Waals surface area (Å²) in [7, 11) is 1.67. The summed E-state index contributed by atoms with van der Waals surface area (Å²) in [4.78, 5) is 4.59. The fourth-order valence-electron chi connectivity index (χ4n) is 2.71. The number of ether oxygens (including phenoxy) is 1. The van der Waals surface area contributed by atoms with Crippen molar-refractivity contribution in [3.63, 3.8) is 0 Å². The smallest absolute Gasteiger partial charge is 0.204 e. The number of methoxy groups -OCH3 is 1. The number of hydrogen-bond acceptors (Lipinski definition) is 5. The SMILES string of the molecule is COc1ccc(C2=CN=C(c3cccc(-c4nn[nH]n4)c3)C2)cc1. The molecule has 1 aromatic heterocycles. The molecule has 1 aliphatic heterocycles. The van der Waals surface area contributed by atoms with Crippen molar-refractivity contribution >= 4 is 11.3 Å². The highest BCUT2D eigenvalue weighted by molar-refractivity contribution is 6.09. The number of nitrogens with zero attached hydrogens (tertiary/aromatic N) is 4. The van der Waals surface area contributed by atoms with E-state index in [2.05, 4.69) is 37.7 Å². The Morgan fingerprint density at radius 2 is 1.83 bits per heavy atom. The number of H-pyrrole nitrogens is 1. The summed E-state index contributed by atoms with van der Waals surface area (Å²) in [6.45, 7) is 0. The van der Waals surface area contributed by atoms with E-state index in [1.54, 1.807) is 7.11 Å². The lowest BCUT2D eigenvalue weighted by Gasteiger charge is -2.06. The van der Waals surface area contributed by atoms with E-state index in [-0.39, 0.29) is 0 Å². The highest BCUT2D eigenvalue weighted by atomic mass is 16.5. The number of aromatic nitrogens is 4. The lowest BCUT2D eigenvalue weighted by molar-refractivity contribution is 0.415. The average molecular weight is 317 g/mol. The minimum atomic E-state index is 0.582. The predicted octanol–water partition coefficient (Wildman–Crippen LogP) is 3.11. The van der Waals surface area contributed by atoms with Crippen LogP contribution in [0.15, 0.2) is 59.7 Å². The standard InChI is InChI=1S/C18H15N5O/c1-24-16-7-5-12(6-8-16)15-10-17(19-11-15)13-3-2-4-14(9-13)18-20-22-23-21-18/h2-9,11H,10H2,1H3,(H,20,21,22,23). The van der Waals surface area contributed by atoms with Crippen molar-refractivity contribution in [1.82, 2.24) is 20.6 Å². The van der Waals surface area contributed by atoms with E-state index in [0.29, 0.717) is 5.82 Å². The maximum atomic E-state index is 5.20. The number of allylic oxidation sites excluding steroid dienone is 1. The van der Waals surface area contributed by atoms with Gasteiger partial charge in [0, 0.05) is 18.2 Å². The molecule has 0 radical (unpaired) electrons. The zero-order valence-electron chi connectivity index (χ0n) is 13.1. The summed E-state index contributed by atoms with van der Waals surface area (Å²) in [5.41, 5.74) is 5.37. The monoisotopic (exact) mass is 317 g/mol. The zero-order valence-corrected chi connectivity index (χ0v) is 13.1. The Morgan fingerprint density at radius 1 is 1.00 bits per heavy atom. The van der Waals surface area contributed by atoms with Gasteiger partial charge in [-0.05, 0) is 40.1 Å². The molecule has 1 aliphatic rings. The van der Waals surface area contributed by atoms with E-state index in [0.717, 1.165) is 34.6 Å². The maximum absolute atomic E-state index is 5.20. The Labute approximate surface area is 138 Å². The van der Waals surface area contributed by atoms with Crippen LogP contribution in [0.2, 0.25) is 0 Å². The van der Waals surface area contributed by atoms with Crippen LogP contribution >= 0.6 is 0 Å². The average Bonchev–Trinajstić information content (AvgIpc) is 3.34. The van der Waals surface area contributed by atoms with Crippen LogP contribution in [0.4, 0.5) is 0 Å². The molecule has 118 valence electrons. The van der Waals surface area contributed by atoms with Crippen molar-refractivity contribution in [1.29, 1.82) is 0 Å². The molecule has 6 heteroatoms. The highest BCUT2D eigenvalue weighted by Gasteiger charge is 2.15. The molecule has 0 saturated carbocycles. The van der Waals surface area contributed by atoms with Crippen LogP contribution < -0.4 is 4.74 Å². The van der Waals surface area contributed by atoms with E-state index in [9.17, 15) is 0 Å². The zero-order chi connectivity index (χ0) is 16.4. The lowest BCUT2D eigenvalue weighted by atomic mass is 9.98. The third-order valence-corrected chi connectivity index (χ3v) is 3.99. The van der Waals surface area contributed by atoms with Gasteiger partial charge in [-0.3, -0.25) is 4.99 Å². The topological polar surface area (TPSA) is 76.1 Å². The maximum Gasteiger partial charge on any atom is 0.204 e. The molecule has 2 heterocycles. The van der Waals surface area contributed by atoms with Crippen LogP contribution in [0, 0.1) is 0 Å². The largest absolute Gasteiger partial charge is 0.497 e. The molecule has 0 amide bonds. The summed E-state index contributed by atoms with van der Waals surface area (Å²) in [5.74, 6) is 1.44. The van der Waals surface area contributed by atoms with Gasteiger partial charge < -0.3 is 4.74 Å². The summed E-state index contributed by atoms with van der Waals surface area (Å²) in [6, 6.07) is 16.1. The molecule has 0 fully saturated rings. The molecule has 0 saturated heterocycles. The Bertz CT molecular complexity index is 911. The lowest BCUT2D eigenvalue weighted by Crippen LogP contribution is -1.99. The van der Waals surface area contributed by atoms with Gasteiger partial charge in [0.05, 0.1) is 12.8 Å². The van der Waals surface area contributed by atoms with E-state index in [1.165, 1.54) is 5.57 Å². The van der Waals surface area contributed by atoms with Crippen molar-refractivity contribution in [2.75, 3.05) is 7.11 Å². The summed E-state index contributed by atoms with van der Waals surface area (Å²) >= 11 is 0. The molecule has 2 aromatic carbocycles. The van der Waals surface area contributed by atoms with E-state index < -0.39 is 0 Å². The first kappa shape index (κ1) is 14.3. The highest BCUT2D eigenvalue weighted by Crippen LogP contribution is 2.28. The van der Waals surface area contributed by atoms with Crippen molar-refractivity contribution < 1.29 is 4.74 Å². The predicted molar refractivity (Wildman–Crippen MR) is 91.7 cm³/mol. The number of hydrogen-bond donors (Lipinski definition) is 1. The van der Waals surface area contributed by atoms with Gasteiger partial charge in [0.1, 0.15) is 5.75 Å². The molecule has 24 heavy (non-hydrogen) atoms. The third-order valence-electron chi connectivity index (χ3n) is 3.99. The van der Waals surface area contributed by atoms with Gasteiger partial charge in [0.25, 0.3) is 0 Å². The number of benzene rings is 2. The Kier molecular flexibility index (Phi) is 3.63. The summed E-state index contributed by atoms with van der Waals surface area (Å²) < 4.78 is 5.20. The number of aromatic amines is 1. The van der Waals surface area contributed by atoms with Crippen LogP contribution in [-0.4, -0.2) is 33.4 Å². The third kappa shape index (κ3) is 2.69. The minimum Gasteiger partial charge on any atom is -0.497 e. The van der Waals surface area contributed by atoms with E-state index >= 15 is 0 Å². The van der Waals surface area contributed by atoms with E-state index in [4.69, 9.17) is 4.74 Å². The first-order chi connectivity index (χ1) is 11.8. The second kappa shape index (κ2) is 6.08. The molecular weight excluding hydrogens is 302 g/mol. The molecule has 6 nitrogen and oxygen atoms in total. The van der Waals surface area contributed by atoms with Crippen molar-refractivity contribution in [2.24, 2.45) is 4.99 Å². The summed E-state index contributed by atoms with van der Waals surface area (Å²) in [6.07, 6.45) is 2.72. The second-order valence-corrected chi connectivity index (χ2v) is 5.45. The van der Waals surface area contributed by atoms with Crippen molar-refractivity contribution in [3.05, 3.63) is 65.9 Å². The van der Waals surface area contributed by atoms with Crippen molar-refractivity contribution in [3.8, 4) is 17.1 Å².